The quantitative estimate of drug-likeness (QED) is 0.894. The Bertz CT molecular complexity index is 633. The number of aliphatic hydroxyl groups excluding tert-OH is 1. The maximum absolute atomic E-state index is 14.1. The van der Waals surface area contributed by atoms with Crippen molar-refractivity contribution in [1.29, 1.82) is 0 Å². The molecule has 3 unspecified atom stereocenters. The molecular formula is C14H19F2NO3S. The monoisotopic (exact) mass is 319 g/mol. The van der Waals surface area contributed by atoms with Crippen molar-refractivity contribution < 1.29 is 22.3 Å². The minimum atomic E-state index is -4.08. The predicted molar refractivity (Wildman–Crippen MR) is 74.0 cm³/mol. The number of sulfonamides is 1. The molecule has 21 heavy (non-hydrogen) atoms. The molecule has 0 aliphatic heterocycles. The highest BCUT2D eigenvalue weighted by Gasteiger charge is 2.34. The average Bonchev–Trinajstić information content (AvgIpc) is 2.70. The fraction of sp³-hybridized carbons (Fsp3) is 0.571. The van der Waals surface area contributed by atoms with Gasteiger partial charge in [-0.2, -0.15) is 0 Å². The number of benzene rings is 1. The van der Waals surface area contributed by atoms with Gasteiger partial charge in [-0.15, -0.1) is 0 Å². The zero-order valence-electron chi connectivity index (χ0n) is 11.9. The molecule has 2 rings (SSSR count). The molecule has 0 spiro atoms. The van der Waals surface area contributed by atoms with E-state index in [2.05, 4.69) is 4.72 Å². The lowest BCUT2D eigenvalue weighted by Gasteiger charge is -2.20. The maximum atomic E-state index is 14.1. The zero-order chi connectivity index (χ0) is 15.8. The van der Waals surface area contributed by atoms with Gasteiger partial charge in [0.1, 0.15) is 10.7 Å². The number of rotatable bonds is 4. The highest BCUT2D eigenvalue weighted by Crippen LogP contribution is 2.32. The van der Waals surface area contributed by atoms with E-state index in [4.69, 9.17) is 5.11 Å². The minimum Gasteiger partial charge on any atom is -0.391 e. The minimum absolute atomic E-state index is 0.153. The van der Waals surface area contributed by atoms with Gasteiger partial charge in [0, 0.05) is 6.04 Å². The van der Waals surface area contributed by atoms with E-state index in [0.29, 0.717) is 12.3 Å². The molecule has 0 saturated heterocycles. The normalized spacial score (nSPS) is 26.2. The molecule has 1 aromatic carbocycles. The first-order chi connectivity index (χ1) is 9.77. The Balaban J connectivity index is 2.32. The summed E-state index contributed by atoms with van der Waals surface area (Å²) in [6.45, 7) is 3.10. The molecule has 0 heterocycles. The molecule has 1 aromatic rings. The van der Waals surface area contributed by atoms with Crippen molar-refractivity contribution in [2.75, 3.05) is 0 Å². The van der Waals surface area contributed by atoms with Crippen LogP contribution in [0.15, 0.2) is 17.0 Å². The molecular weight excluding hydrogens is 300 g/mol. The first-order valence-corrected chi connectivity index (χ1v) is 8.36. The van der Waals surface area contributed by atoms with Gasteiger partial charge in [0.2, 0.25) is 10.0 Å². The molecule has 118 valence electrons. The van der Waals surface area contributed by atoms with Gasteiger partial charge in [-0.1, -0.05) is 13.8 Å². The van der Waals surface area contributed by atoms with Gasteiger partial charge in [-0.3, -0.25) is 0 Å². The Kier molecular flexibility index (Phi) is 4.65. The smallest absolute Gasteiger partial charge is 0.243 e. The van der Waals surface area contributed by atoms with Gasteiger partial charge in [-0.05, 0) is 36.8 Å². The lowest BCUT2D eigenvalue weighted by atomic mass is 9.98. The number of aliphatic hydroxyl groups is 1. The van der Waals surface area contributed by atoms with Crippen LogP contribution >= 0.6 is 0 Å². The summed E-state index contributed by atoms with van der Waals surface area (Å²) in [6.07, 6.45) is 1.60. The van der Waals surface area contributed by atoms with E-state index in [9.17, 15) is 17.2 Å². The number of halogens is 2. The van der Waals surface area contributed by atoms with Gasteiger partial charge in [0.15, 0.2) is 5.82 Å². The van der Waals surface area contributed by atoms with E-state index in [1.165, 1.54) is 0 Å². The van der Waals surface area contributed by atoms with Gasteiger partial charge in [0.25, 0.3) is 0 Å². The van der Waals surface area contributed by atoms with Crippen LogP contribution in [0, 0.1) is 23.5 Å². The molecule has 2 N–H and O–H groups in total. The second kappa shape index (κ2) is 5.98. The van der Waals surface area contributed by atoms with Gasteiger partial charge < -0.3 is 5.11 Å². The summed E-state index contributed by atoms with van der Waals surface area (Å²) in [5.41, 5.74) is -0.634. The second-order valence-corrected chi connectivity index (χ2v) is 7.32. The molecule has 3 atom stereocenters. The van der Waals surface area contributed by atoms with E-state index in [1.807, 2.05) is 13.8 Å². The molecule has 1 saturated carbocycles. The van der Waals surface area contributed by atoms with Crippen LogP contribution in [-0.4, -0.2) is 19.6 Å². The van der Waals surface area contributed by atoms with E-state index in [0.717, 1.165) is 18.6 Å². The molecule has 1 aliphatic rings. The number of hydrogen-bond acceptors (Lipinski definition) is 3. The third-order valence-corrected chi connectivity index (χ3v) is 5.88. The van der Waals surface area contributed by atoms with Crippen LogP contribution in [0.5, 0.6) is 0 Å². The van der Waals surface area contributed by atoms with Crippen molar-refractivity contribution in [2.45, 2.75) is 44.2 Å². The SMILES string of the molecule is CC1CCC(NS(=O)(=O)c2ccc(F)c(CO)c2F)C1C. The Morgan fingerprint density at radius 2 is 1.95 bits per heavy atom. The van der Waals surface area contributed by atoms with Crippen LogP contribution in [0.25, 0.3) is 0 Å². The largest absolute Gasteiger partial charge is 0.391 e. The van der Waals surface area contributed by atoms with Crippen molar-refractivity contribution in [2.24, 2.45) is 11.8 Å². The first kappa shape index (κ1) is 16.3. The molecule has 0 radical (unpaired) electrons. The Morgan fingerprint density at radius 1 is 1.29 bits per heavy atom. The maximum Gasteiger partial charge on any atom is 0.243 e. The fourth-order valence-corrected chi connectivity index (χ4v) is 4.19. The summed E-state index contributed by atoms with van der Waals surface area (Å²) in [5, 5.41) is 8.96. The third kappa shape index (κ3) is 3.09. The Morgan fingerprint density at radius 3 is 2.48 bits per heavy atom. The van der Waals surface area contributed by atoms with Crippen LogP contribution in [0.3, 0.4) is 0 Å². The summed E-state index contributed by atoms with van der Waals surface area (Å²) in [4.78, 5) is -0.625. The molecule has 0 bridgehead atoms. The molecule has 1 aliphatic carbocycles. The molecule has 0 aromatic heterocycles. The van der Waals surface area contributed by atoms with Crippen LogP contribution < -0.4 is 4.72 Å². The van der Waals surface area contributed by atoms with Gasteiger partial charge in [0.05, 0.1) is 12.2 Å². The lowest BCUT2D eigenvalue weighted by molar-refractivity contribution is 0.267. The highest BCUT2D eigenvalue weighted by molar-refractivity contribution is 7.89. The first-order valence-electron chi connectivity index (χ1n) is 6.88. The van der Waals surface area contributed by atoms with Crippen LogP contribution in [-0.2, 0) is 16.6 Å². The number of hydrogen-bond donors (Lipinski definition) is 2. The average molecular weight is 319 g/mol. The summed E-state index contributed by atoms with van der Waals surface area (Å²) in [5.74, 6) is -1.65. The fourth-order valence-electron chi connectivity index (χ4n) is 2.72. The van der Waals surface area contributed by atoms with Crippen LogP contribution in [0.2, 0.25) is 0 Å². The van der Waals surface area contributed by atoms with Gasteiger partial charge >= 0.3 is 0 Å². The van der Waals surface area contributed by atoms with Crippen molar-refractivity contribution in [3.8, 4) is 0 Å². The molecule has 4 nitrogen and oxygen atoms in total. The standard InChI is InChI=1S/C14H19F2NO3S/c1-8-3-5-12(9(8)2)17-21(19,20)13-6-4-11(15)10(7-18)14(13)16/h4,6,8-9,12,17-18H,3,5,7H2,1-2H3. The topological polar surface area (TPSA) is 66.4 Å². The van der Waals surface area contributed by atoms with Crippen molar-refractivity contribution in [1.82, 2.24) is 4.72 Å². The highest BCUT2D eigenvalue weighted by atomic mass is 32.2. The van der Waals surface area contributed by atoms with Crippen molar-refractivity contribution in [3.63, 3.8) is 0 Å². The summed E-state index contributed by atoms with van der Waals surface area (Å²) in [6, 6.07) is 1.48. The van der Waals surface area contributed by atoms with Crippen molar-refractivity contribution in [3.05, 3.63) is 29.3 Å². The van der Waals surface area contributed by atoms with E-state index >= 15 is 0 Å². The van der Waals surface area contributed by atoms with Crippen molar-refractivity contribution >= 4 is 10.0 Å². The summed E-state index contributed by atoms with van der Waals surface area (Å²) < 4.78 is 54.4. The Hall–Kier alpha value is -1.05. The Labute approximate surface area is 123 Å². The van der Waals surface area contributed by atoms with E-state index in [1.54, 1.807) is 0 Å². The molecule has 1 fully saturated rings. The van der Waals surface area contributed by atoms with Crippen LogP contribution in [0.4, 0.5) is 8.78 Å². The van der Waals surface area contributed by atoms with Gasteiger partial charge in [-0.25, -0.2) is 21.9 Å². The zero-order valence-corrected chi connectivity index (χ0v) is 12.8. The van der Waals surface area contributed by atoms with Crippen LogP contribution in [0.1, 0.15) is 32.3 Å². The van der Waals surface area contributed by atoms with E-state index < -0.39 is 38.7 Å². The van der Waals surface area contributed by atoms with E-state index in [-0.39, 0.29) is 12.0 Å². The molecule has 0 amide bonds. The summed E-state index contributed by atoms with van der Waals surface area (Å²) in [7, 11) is -4.08. The lowest BCUT2D eigenvalue weighted by Crippen LogP contribution is -2.37. The third-order valence-electron chi connectivity index (χ3n) is 4.37. The molecule has 7 heteroatoms. The number of nitrogens with one attached hydrogen (secondary N) is 1. The predicted octanol–water partition coefficient (Wildman–Crippen LogP) is 2.17. The summed E-state index contributed by atoms with van der Waals surface area (Å²) >= 11 is 0. The second-order valence-electron chi connectivity index (χ2n) is 5.64.